The summed E-state index contributed by atoms with van der Waals surface area (Å²) >= 11 is 0. The molecule has 0 aliphatic heterocycles. The van der Waals surface area contributed by atoms with E-state index in [1.165, 1.54) is 70.4 Å². The normalized spacial score (nSPS) is 12.1. The Morgan fingerprint density at radius 2 is 0.845 bits per heavy atom. The van der Waals surface area contributed by atoms with Crippen molar-refractivity contribution in [2.75, 3.05) is 0 Å². The Bertz CT molecular complexity index is 3770. The minimum Gasteiger partial charge on any atom is -0.309 e. The van der Waals surface area contributed by atoms with Crippen molar-refractivity contribution in [1.82, 2.24) is 19.1 Å². The molecule has 268 valence electrons. The minimum absolute atomic E-state index is 0.863. The van der Waals surface area contributed by atoms with Crippen LogP contribution in [0.15, 0.2) is 194 Å². The Morgan fingerprint density at radius 3 is 1.66 bits per heavy atom. The maximum atomic E-state index is 5.33. The second kappa shape index (κ2) is 11.8. The van der Waals surface area contributed by atoms with Crippen LogP contribution in [0, 0.1) is 0 Å². The molecule has 0 aliphatic carbocycles. The van der Waals surface area contributed by atoms with Crippen molar-refractivity contribution in [3.05, 3.63) is 194 Å². The van der Waals surface area contributed by atoms with Crippen LogP contribution in [0.4, 0.5) is 0 Å². The molecule has 4 nitrogen and oxygen atoms in total. The fourth-order valence-electron chi connectivity index (χ4n) is 9.75. The molecular weight excluding hydrogens is 705 g/mol. The highest BCUT2D eigenvalue weighted by molar-refractivity contribution is 6.39. The quantitative estimate of drug-likeness (QED) is 0.169. The van der Waals surface area contributed by atoms with Gasteiger partial charge in [0.05, 0.1) is 44.5 Å². The summed E-state index contributed by atoms with van der Waals surface area (Å²) in [6.07, 6.45) is 0. The largest absolute Gasteiger partial charge is 0.309 e. The molecule has 0 bridgehead atoms. The van der Waals surface area contributed by atoms with Crippen LogP contribution in [-0.2, 0) is 0 Å². The molecule has 3 aromatic heterocycles. The molecular formula is C54H32N4. The van der Waals surface area contributed by atoms with Crippen LogP contribution < -0.4 is 0 Å². The van der Waals surface area contributed by atoms with Gasteiger partial charge in [-0.1, -0.05) is 127 Å². The van der Waals surface area contributed by atoms with Gasteiger partial charge in [0.15, 0.2) is 0 Å². The van der Waals surface area contributed by atoms with Crippen molar-refractivity contribution >= 4 is 87.0 Å². The number of aromatic nitrogens is 4. The molecule has 0 unspecified atom stereocenters. The lowest BCUT2D eigenvalue weighted by Crippen LogP contribution is -1.97. The average Bonchev–Trinajstić information content (AvgIpc) is 3.80. The van der Waals surface area contributed by atoms with Crippen molar-refractivity contribution in [2.24, 2.45) is 0 Å². The first-order chi connectivity index (χ1) is 28.8. The van der Waals surface area contributed by atoms with Crippen molar-refractivity contribution in [3.63, 3.8) is 0 Å². The highest BCUT2D eigenvalue weighted by atomic mass is 15.0. The van der Waals surface area contributed by atoms with Gasteiger partial charge < -0.3 is 9.13 Å². The number of nitrogens with zero attached hydrogens (tertiary/aromatic N) is 4. The van der Waals surface area contributed by atoms with Gasteiger partial charge in [0, 0.05) is 49.4 Å². The van der Waals surface area contributed by atoms with Crippen LogP contribution in [0.1, 0.15) is 0 Å². The summed E-state index contributed by atoms with van der Waals surface area (Å²) in [6, 6.07) is 69.9. The Balaban J connectivity index is 1.02. The summed E-state index contributed by atoms with van der Waals surface area (Å²) in [7, 11) is 0. The molecule has 0 atom stereocenters. The van der Waals surface area contributed by atoms with Crippen molar-refractivity contribution < 1.29 is 0 Å². The van der Waals surface area contributed by atoms with E-state index < -0.39 is 0 Å². The van der Waals surface area contributed by atoms with Gasteiger partial charge >= 0.3 is 0 Å². The standard InChI is InChI=1S/C54H32N4/c1-2-14-36(15-3-1)57-46-23-11-8-18-40(46)43-31-35(27-30-47(43)57)54-53(55-44-21-9-10-22-45(44)56-54)33-25-28-37(29-26-33)58-48-24-12-20-42-39-17-6-7-19-41(39)50-38-16-5-4-13-34(38)32-49(58)52(50)51(42)48/h1-32H. The van der Waals surface area contributed by atoms with E-state index in [0.29, 0.717) is 0 Å². The summed E-state index contributed by atoms with van der Waals surface area (Å²) < 4.78 is 4.80. The monoisotopic (exact) mass is 736 g/mol. The van der Waals surface area contributed by atoms with Crippen molar-refractivity contribution in [2.45, 2.75) is 0 Å². The second-order valence-electron chi connectivity index (χ2n) is 15.3. The summed E-state index contributed by atoms with van der Waals surface area (Å²) in [5.41, 5.74) is 12.6. The molecule has 4 heteroatoms. The Hall–Kier alpha value is -7.82. The molecule has 10 aromatic carbocycles. The predicted octanol–water partition coefficient (Wildman–Crippen LogP) is 14.1. The smallest absolute Gasteiger partial charge is 0.0973 e. The zero-order chi connectivity index (χ0) is 37.9. The fourth-order valence-corrected chi connectivity index (χ4v) is 9.75. The summed E-state index contributed by atoms with van der Waals surface area (Å²) in [5.74, 6) is 0. The maximum Gasteiger partial charge on any atom is 0.0973 e. The second-order valence-corrected chi connectivity index (χ2v) is 15.3. The average molecular weight is 737 g/mol. The molecule has 0 N–H and O–H groups in total. The Morgan fingerprint density at radius 1 is 0.293 bits per heavy atom. The van der Waals surface area contributed by atoms with Crippen LogP contribution in [0.5, 0.6) is 0 Å². The minimum atomic E-state index is 0.863. The van der Waals surface area contributed by atoms with E-state index in [1.54, 1.807) is 0 Å². The highest BCUT2D eigenvalue weighted by Gasteiger charge is 2.22. The first-order valence-corrected chi connectivity index (χ1v) is 19.8. The van der Waals surface area contributed by atoms with Crippen LogP contribution in [0.25, 0.3) is 121 Å². The molecule has 0 amide bonds. The van der Waals surface area contributed by atoms with Crippen LogP contribution >= 0.6 is 0 Å². The topological polar surface area (TPSA) is 35.6 Å². The van der Waals surface area contributed by atoms with E-state index in [-0.39, 0.29) is 0 Å². The van der Waals surface area contributed by atoms with E-state index in [2.05, 4.69) is 191 Å². The summed E-state index contributed by atoms with van der Waals surface area (Å²) in [5, 5.41) is 12.7. The third-order valence-electron chi connectivity index (χ3n) is 12.2. The highest BCUT2D eigenvalue weighted by Crippen LogP contribution is 2.47. The van der Waals surface area contributed by atoms with Gasteiger partial charge in [0.1, 0.15) is 0 Å². The van der Waals surface area contributed by atoms with E-state index in [4.69, 9.17) is 9.97 Å². The van der Waals surface area contributed by atoms with E-state index in [9.17, 15) is 0 Å². The van der Waals surface area contributed by atoms with Crippen LogP contribution in [0.3, 0.4) is 0 Å². The zero-order valence-electron chi connectivity index (χ0n) is 31.3. The number of hydrogen-bond acceptors (Lipinski definition) is 2. The van der Waals surface area contributed by atoms with Gasteiger partial charge in [-0.25, -0.2) is 9.97 Å². The molecule has 3 heterocycles. The number of benzene rings is 10. The van der Waals surface area contributed by atoms with E-state index in [0.717, 1.165) is 50.4 Å². The van der Waals surface area contributed by atoms with Crippen LogP contribution in [-0.4, -0.2) is 19.1 Å². The molecule has 13 rings (SSSR count). The number of para-hydroxylation sites is 4. The lowest BCUT2D eigenvalue weighted by molar-refractivity contribution is 1.18. The zero-order valence-corrected chi connectivity index (χ0v) is 31.3. The lowest BCUT2D eigenvalue weighted by Gasteiger charge is -2.13. The van der Waals surface area contributed by atoms with Gasteiger partial charge in [-0.2, -0.15) is 0 Å². The molecule has 0 saturated carbocycles. The first-order valence-electron chi connectivity index (χ1n) is 19.8. The van der Waals surface area contributed by atoms with Crippen LogP contribution in [0.2, 0.25) is 0 Å². The lowest BCUT2D eigenvalue weighted by atomic mass is 9.91. The Kier molecular flexibility index (Phi) is 6.41. The molecule has 0 saturated heterocycles. The summed E-state index contributed by atoms with van der Waals surface area (Å²) in [6.45, 7) is 0. The van der Waals surface area contributed by atoms with E-state index in [1.807, 2.05) is 12.1 Å². The molecule has 0 radical (unpaired) electrons. The molecule has 0 aliphatic rings. The molecule has 0 fully saturated rings. The van der Waals surface area contributed by atoms with Gasteiger partial charge in [-0.3, -0.25) is 0 Å². The molecule has 13 aromatic rings. The number of rotatable bonds is 4. The molecule has 58 heavy (non-hydrogen) atoms. The Labute approximate surface area is 332 Å². The summed E-state index contributed by atoms with van der Waals surface area (Å²) in [4.78, 5) is 10.7. The van der Waals surface area contributed by atoms with Gasteiger partial charge in [0.2, 0.25) is 0 Å². The SMILES string of the molecule is c1ccc(-n2c3ccccc3c3cc(-c4nc5ccccc5nc4-c4ccc(-n5c6cccc7c8ccccc8c8c9ccccc9cc5c8c76)cc4)ccc32)cc1. The fraction of sp³-hybridized carbons (Fsp3) is 0. The van der Waals surface area contributed by atoms with Gasteiger partial charge in [-0.05, 0) is 93.7 Å². The van der Waals surface area contributed by atoms with Gasteiger partial charge in [0.25, 0.3) is 0 Å². The predicted molar refractivity (Wildman–Crippen MR) is 243 cm³/mol. The maximum absolute atomic E-state index is 5.33. The number of fused-ring (bicyclic) bond motifs is 9. The first kappa shape index (κ1) is 31.4. The number of hydrogen-bond donors (Lipinski definition) is 0. The molecule has 0 spiro atoms. The van der Waals surface area contributed by atoms with Crippen molar-refractivity contribution in [3.8, 4) is 33.9 Å². The van der Waals surface area contributed by atoms with Crippen molar-refractivity contribution in [1.29, 1.82) is 0 Å². The van der Waals surface area contributed by atoms with Gasteiger partial charge in [-0.15, -0.1) is 0 Å². The third kappa shape index (κ3) is 4.34. The van der Waals surface area contributed by atoms with E-state index >= 15 is 0 Å². The third-order valence-corrected chi connectivity index (χ3v) is 12.2.